The number of methoxy groups -OCH3 is 1. The van der Waals surface area contributed by atoms with Crippen molar-refractivity contribution in [2.24, 2.45) is 5.92 Å². The van der Waals surface area contributed by atoms with E-state index in [0.29, 0.717) is 31.8 Å². The fraction of sp³-hybridized carbons (Fsp3) is 0.600. The Kier molecular flexibility index (Phi) is 5.51. The van der Waals surface area contributed by atoms with Crippen LogP contribution in [0, 0.1) is 5.92 Å². The van der Waals surface area contributed by atoms with Crippen molar-refractivity contribution in [1.82, 2.24) is 15.1 Å². The number of ether oxygens (including phenoxy) is 1. The average Bonchev–Trinajstić information content (AvgIpc) is 2.82. The quantitative estimate of drug-likeness (QED) is 0.793. The van der Waals surface area contributed by atoms with E-state index in [1.54, 1.807) is 7.11 Å². The summed E-state index contributed by atoms with van der Waals surface area (Å²) in [5, 5.41) is 3.31. The Hall–Kier alpha value is -2.08. The number of rotatable bonds is 6. The monoisotopic (exact) mass is 359 g/mol. The van der Waals surface area contributed by atoms with Crippen molar-refractivity contribution < 1.29 is 14.3 Å². The second-order valence-corrected chi connectivity index (χ2v) is 7.64. The molecule has 2 aliphatic heterocycles. The summed E-state index contributed by atoms with van der Waals surface area (Å²) >= 11 is 0. The molecule has 0 saturated carbocycles. The van der Waals surface area contributed by atoms with Gasteiger partial charge in [0.2, 0.25) is 0 Å². The first kappa shape index (κ1) is 18.7. The van der Waals surface area contributed by atoms with Crippen molar-refractivity contribution in [1.29, 1.82) is 0 Å². The van der Waals surface area contributed by atoms with Gasteiger partial charge in [-0.1, -0.05) is 26.0 Å². The van der Waals surface area contributed by atoms with Crippen molar-refractivity contribution in [3.8, 4) is 5.75 Å². The Bertz CT molecular complexity index is 668. The lowest BCUT2D eigenvalue weighted by Crippen LogP contribution is -2.56. The largest absolute Gasteiger partial charge is 0.497 e. The van der Waals surface area contributed by atoms with Crippen molar-refractivity contribution in [2.45, 2.75) is 45.2 Å². The van der Waals surface area contributed by atoms with Crippen LogP contribution in [0.5, 0.6) is 5.75 Å². The maximum absolute atomic E-state index is 13.3. The molecule has 26 heavy (non-hydrogen) atoms. The molecule has 0 radical (unpaired) electrons. The zero-order chi connectivity index (χ0) is 18.7. The molecule has 142 valence electrons. The van der Waals surface area contributed by atoms with Crippen molar-refractivity contribution in [3.63, 3.8) is 0 Å². The van der Waals surface area contributed by atoms with Gasteiger partial charge < -0.3 is 15.0 Å². The minimum atomic E-state index is -0.671. The predicted molar refractivity (Wildman–Crippen MR) is 99.9 cm³/mol. The van der Waals surface area contributed by atoms with E-state index in [-0.39, 0.29) is 11.9 Å². The van der Waals surface area contributed by atoms with E-state index in [2.05, 4.69) is 19.2 Å². The molecule has 0 aromatic heterocycles. The first-order chi connectivity index (χ1) is 12.5. The highest BCUT2D eigenvalue weighted by atomic mass is 16.5. The van der Waals surface area contributed by atoms with Crippen LogP contribution in [0.25, 0.3) is 0 Å². The normalized spacial score (nSPS) is 19.7. The van der Waals surface area contributed by atoms with E-state index in [9.17, 15) is 9.59 Å². The molecule has 1 N–H and O–H groups in total. The van der Waals surface area contributed by atoms with Crippen molar-refractivity contribution >= 4 is 11.9 Å². The molecule has 3 amide bonds. The van der Waals surface area contributed by atoms with Gasteiger partial charge in [-0.15, -0.1) is 0 Å². The number of benzene rings is 1. The third-order valence-corrected chi connectivity index (χ3v) is 5.46. The number of carbonyl (C=O) groups is 2. The van der Waals surface area contributed by atoms with Crippen molar-refractivity contribution in [3.05, 3.63) is 29.8 Å². The average molecular weight is 359 g/mol. The molecule has 2 heterocycles. The number of amides is 3. The fourth-order valence-electron chi connectivity index (χ4n) is 3.90. The topological polar surface area (TPSA) is 61.9 Å². The van der Waals surface area contributed by atoms with Gasteiger partial charge in [-0.05, 0) is 56.0 Å². The molecular formula is C20H29N3O3. The molecule has 6 nitrogen and oxygen atoms in total. The number of piperidine rings is 1. The van der Waals surface area contributed by atoms with Gasteiger partial charge in [0.05, 0.1) is 13.7 Å². The van der Waals surface area contributed by atoms with Crippen LogP contribution in [-0.2, 0) is 11.3 Å². The molecule has 0 atom stereocenters. The molecular weight excluding hydrogens is 330 g/mol. The number of carbonyl (C=O) groups excluding carboxylic acids is 2. The maximum Gasteiger partial charge on any atom is 0.327 e. The lowest BCUT2D eigenvalue weighted by molar-refractivity contribution is -0.135. The summed E-state index contributed by atoms with van der Waals surface area (Å²) in [6, 6.07) is 7.40. The van der Waals surface area contributed by atoms with Crippen LogP contribution in [0.15, 0.2) is 24.3 Å². The first-order valence-corrected chi connectivity index (χ1v) is 9.45. The highest BCUT2D eigenvalue weighted by Gasteiger charge is 2.56. The molecule has 3 rings (SSSR count). The fourth-order valence-corrected chi connectivity index (χ4v) is 3.90. The summed E-state index contributed by atoms with van der Waals surface area (Å²) in [6.45, 7) is 6.75. The number of nitrogens with zero attached hydrogens (tertiary/aromatic N) is 2. The van der Waals surface area contributed by atoms with Crippen LogP contribution >= 0.6 is 0 Å². The predicted octanol–water partition coefficient (Wildman–Crippen LogP) is 2.63. The molecule has 1 aromatic rings. The van der Waals surface area contributed by atoms with E-state index < -0.39 is 5.54 Å². The maximum atomic E-state index is 13.3. The molecule has 2 saturated heterocycles. The van der Waals surface area contributed by atoms with Crippen molar-refractivity contribution in [2.75, 3.05) is 26.7 Å². The number of nitrogens with one attached hydrogen (secondary N) is 1. The highest BCUT2D eigenvalue weighted by molar-refractivity contribution is 6.07. The van der Waals surface area contributed by atoms with Gasteiger partial charge in [-0.2, -0.15) is 0 Å². The summed E-state index contributed by atoms with van der Waals surface area (Å²) in [5.41, 5.74) is 0.233. The summed E-state index contributed by atoms with van der Waals surface area (Å²) in [4.78, 5) is 29.7. The SMILES string of the molecule is COc1cccc(CN2C(=O)N(CCC(C)C)C3(CCNCC3)C2=O)c1. The van der Waals surface area contributed by atoms with Crippen LogP contribution in [0.3, 0.4) is 0 Å². The lowest BCUT2D eigenvalue weighted by atomic mass is 9.86. The molecule has 0 aliphatic carbocycles. The van der Waals surface area contributed by atoms with E-state index >= 15 is 0 Å². The third kappa shape index (κ3) is 3.43. The van der Waals surface area contributed by atoms with Gasteiger partial charge in [0.1, 0.15) is 11.3 Å². The van der Waals surface area contributed by atoms with Crippen LogP contribution in [-0.4, -0.2) is 54.0 Å². The van der Waals surface area contributed by atoms with E-state index in [0.717, 1.165) is 30.8 Å². The number of urea groups is 1. The lowest BCUT2D eigenvalue weighted by Gasteiger charge is -2.38. The summed E-state index contributed by atoms with van der Waals surface area (Å²) in [6.07, 6.45) is 2.27. The molecule has 1 spiro atoms. The van der Waals surface area contributed by atoms with E-state index in [1.165, 1.54) is 4.90 Å². The van der Waals surface area contributed by atoms with Crippen LogP contribution < -0.4 is 10.1 Å². The van der Waals surface area contributed by atoms with Gasteiger partial charge in [-0.25, -0.2) is 4.79 Å². The summed E-state index contributed by atoms with van der Waals surface area (Å²) in [7, 11) is 1.61. The van der Waals surface area contributed by atoms with Crippen LogP contribution in [0.1, 0.15) is 38.7 Å². The molecule has 1 aromatic carbocycles. The Labute approximate surface area is 155 Å². The Morgan fingerprint density at radius 3 is 2.62 bits per heavy atom. The van der Waals surface area contributed by atoms with E-state index in [1.807, 2.05) is 29.2 Å². The van der Waals surface area contributed by atoms with Gasteiger partial charge in [0.25, 0.3) is 5.91 Å². The van der Waals surface area contributed by atoms with Gasteiger partial charge in [-0.3, -0.25) is 9.69 Å². The number of hydrogen-bond acceptors (Lipinski definition) is 4. The first-order valence-electron chi connectivity index (χ1n) is 9.45. The second kappa shape index (κ2) is 7.66. The molecule has 2 fully saturated rings. The van der Waals surface area contributed by atoms with Gasteiger partial charge in [0.15, 0.2) is 0 Å². The van der Waals surface area contributed by atoms with Gasteiger partial charge >= 0.3 is 6.03 Å². The smallest absolute Gasteiger partial charge is 0.327 e. The third-order valence-electron chi connectivity index (χ3n) is 5.46. The second-order valence-electron chi connectivity index (χ2n) is 7.64. The van der Waals surface area contributed by atoms with Gasteiger partial charge in [0, 0.05) is 6.54 Å². The number of hydrogen-bond donors (Lipinski definition) is 1. The zero-order valence-corrected chi connectivity index (χ0v) is 16.0. The zero-order valence-electron chi connectivity index (χ0n) is 16.0. The Morgan fingerprint density at radius 1 is 1.23 bits per heavy atom. The summed E-state index contributed by atoms with van der Waals surface area (Å²) in [5.74, 6) is 1.18. The molecule has 2 aliphatic rings. The molecule has 0 bridgehead atoms. The minimum absolute atomic E-state index is 0.0458. The summed E-state index contributed by atoms with van der Waals surface area (Å²) < 4.78 is 5.26. The Morgan fingerprint density at radius 2 is 1.96 bits per heavy atom. The van der Waals surface area contributed by atoms with E-state index in [4.69, 9.17) is 4.74 Å². The Balaban J connectivity index is 1.86. The minimum Gasteiger partial charge on any atom is -0.497 e. The molecule has 0 unspecified atom stereocenters. The number of imide groups is 1. The van der Waals surface area contributed by atoms with Crippen LogP contribution in [0.2, 0.25) is 0 Å². The highest BCUT2D eigenvalue weighted by Crippen LogP contribution is 2.37. The molecule has 6 heteroatoms. The standard InChI is InChI=1S/C20H29N3O3/c1-15(2)7-12-23-19(25)22(14-16-5-4-6-17(13-16)26-3)18(24)20(23)8-10-21-11-9-20/h4-6,13,15,21H,7-12,14H2,1-3H3. The van der Waals surface area contributed by atoms with Crippen LogP contribution in [0.4, 0.5) is 4.79 Å².